The molecular weight excluding hydrogens is 240 g/mol. The van der Waals surface area contributed by atoms with Crippen molar-refractivity contribution in [1.82, 2.24) is 4.98 Å². The molecule has 0 radical (unpaired) electrons. The molecule has 1 heterocycles. The number of allylic oxidation sites excluding steroid dienone is 1. The number of halogens is 1. The summed E-state index contributed by atoms with van der Waals surface area (Å²) in [4.78, 5) is 4.07. The summed E-state index contributed by atoms with van der Waals surface area (Å²) in [6, 6.07) is 1.99. The Morgan fingerprint density at radius 3 is 3.00 bits per heavy atom. The van der Waals surface area contributed by atoms with E-state index in [-0.39, 0.29) is 0 Å². The van der Waals surface area contributed by atoms with Gasteiger partial charge in [-0.3, -0.25) is 4.98 Å². The minimum atomic E-state index is 0.978. The van der Waals surface area contributed by atoms with Crippen LogP contribution in [0.2, 0.25) is 0 Å². The molecule has 0 fully saturated rings. The maximum atomic E-state index is 4.07. The first-order chi connectivity index (χ1) is 6.72. The van der Waals surface area contributed by atoms with Crippen LogP contribution in [0.1, 0.15) is 26.2 Å². The van der Waals surface area contributed by atoms with Crippen molar-refractivity contribution in [2.45, 2.75) is 26.2 Å². The predicted octanol–water partition coefficient (Wildman–Crippen LogP) is 3.96. The van der Waals surface area contributed by atoms with Gasteiger partial charge in [-0.25, -0.2) is 0 Å². The van der Waals surface area contributed by atoms with Crippen LogP contribution in [0.25, 0.3) is 0 Å². The summed E-state index contributed by atoms with van der Waals surface area (Å²) in [7, 11) is 0. The summed E-state index contributed by atoms with van der Waals surface area (Å²) in [5.41, 5.74) is 2.03. The van der Waals surface area contributed by atoms with Crippen molar-refractivity contribution in [3.05, 3.63) is 35.2 Å². The van der Waals surface area contributed by atoms with Gasteiger partial charge in [0, 0.05) is 16.4 Å². The Kier molecular flexibility index (Phi) is 4.66. The van der Waals surface area contributed by atoms with Crippen LogP contribution in [-0.4, -0.2) is 4.98 Å². The molecule has 0 amide bonds. The maximum Gasteiger partial charge on any atom is 0.0579 e. The fourth-order valence-electron chi connectivity index (χ4n) is 1.14. The molecule has 0 aliphatic rings. The second kappa shape index (κ2) is 5.81. The van der Waals surface area contributed by atoms with Crippen LogP contribution in [0.15, 0.2) is 35.2 Å². The molecule has 0 saturated carbocycles. The van der Waals surface area contributed by atoms with Gasteiger partial charge in [0.1, 0.15) is 0 Å². The SMILES string of the molecule is C=C(CCCC)Nc1cncc(Br)c1. The monoisotopic (exact) mass is 254 g/mol. The zero-order valence-electron chi connectivity index (χ0n) is 8.39. The smallest absolute Gasteiger partial charge is 0.0579 e. The third-order valence-electron chi connectivity index (χ3n) is 1.86. The minimum absolute atomic E-state index is 0.978. The highest BCUT2D eigenvalue weighted by Crippen LogP contribution is 2.16. The first-order valence-corrected chi connectivity index (χ1v) is 5.57. The summed E-state index contributed by atoms with van der Waals surface area (Å²) >= 11 is 3.37. The summed E-state index contributed by atoms with van der Waals surface area (Å²) in [6.45, 7) is 6.14. The van der Waals surface area contributed by atoms with Gasteiger partial charge in [-0.1, -0.05) is 19.9 Å². The molecular formula is C11H15BrN2. The van der Waals surface area contributed by atoms with Crippen molar-refractivity contribution in [3.63, 3.8) is 0 Å². The van der Waals surface area contributed by atoms with E-state index in [0.29, 0.717) is 0 Å². The number of hydrogen-bond donors (Lipinski definition) is 1. The number of unbranched alkanes of at least 4 members (excludes halogenated alkanes) is 1. The lowest BCUT2D eigenvalue weighted by Crippen LogP contribution is -1.98. The van der Waals surface area contributed by atoms with Crippen molar-refractivity contribution in [1.29, 1.82) is 0 Å². The van der Waals surface area contributed by atoms with Crippen LogP contribution in [-0.2, 0) is 0 Å². The Hall–Kier alpha value is -0.830. The van der Waals surface area contributed by atoms with Crippen LogP contribution in [0.5, 0.6) is 0 Å². The molecule has 1 rings (SSSR count). The highest BCUT2D eigenvalue weighted by atomic mass is 79.9. The number of pyridine rings is 1. The van der Waals surface area contributed by atoms with Crippen molar-refractivity contribution < 1.29 is 0 Å². The van der Waals surface area contributed by atoms with E-state index in [2.05, 4.69) is 39.7 Å². The van der Waals surface area contributed by atoms with E-state index in [1.807, 2.05) is 6.07 Å². The normalized spacial score (nSPS) is 9.86. The molecule has 0 unspecified atom stereocenters. The van der Waals surface area contributed by atoms with Crippen molar-refractivity contribution in [2.24, 2.45) is 0 Å². The third kappa shape index (κ3) is 3.92. The number of nitrogens with zero attached hydrogens (tertiary/aromatic N) is 1. The van der Waals surface area contributed by atoms with Crippen LogP contribution in [0.4, 0.5) is 5.69 Å². The topological polar surface area (TPSA) is 24.9 Å². The van der Waals surface area contributed by atoms with Crippen LogP contribution in [0.3, 0.4) is 0 Å². The highest BCUT2D eigenvalue weighted by molar-refractivity contribution is 9.10. The lowest BCUT2D eigenvalue weighted by Gasteiger charge is -2.08. The standard InChI is InChI=1S/C11H15BrN2/c1-3-4-5-9(2)14-11-6-10(12)7-13-8-11/h6-8,14H,2-5H2,1H3. The first-order valence-electron chi connectivity index (χ1n) is 4.77. The number of rotatable bonds is 5. The van der Waals surface area contributed by atoms with Gasteiger partial charge in [0.2, 0.25) is 0 Å². The summed E-state index contributed by atoms with van der Waals surface area (Å²) < 4.78 is 0.978. The van der Waals surface area contributed by atoms with Crippen molar-refractivity contribution in [2.75, 3.05) is 5.32 Å². The molecule has 0 bridgehead atoms. The molecule has 2 nitrogen and oxygen atoms in total. The van der Waals surface area contributed by atoms with Gasteiger partial charge in [0.15, 0.2) is 0 Å². The fraction of sp³-hybridized carbons (Fsp3) is 0.364. The molecule has 0 saturated heterocycles. The zero-order chi connectivity index (χ0) is 10.4. The van der Waals surface area contributed by atoms with E-state index in [1.54, 1.807) is 12.4 Å². The number of hydrogen-bond acceptors (Lipinski definition) is 2. The van der Waals surface area contributed by atoms with E-state index < -0.39 is 0 Å². The molecule has 0 atom stereocenters. The van der Waals surface area contributed by atoms with Gasteiger partial charge >= 0.3 is 0 Å². The molecule has 1 aromatic rings. The van der Waals surface area contributed by atoms with Crippen LogP contribution in [0, 0.1) is 0 Å². The Labute approximate surface area is 93.6 Å². The van der Waals surface area contributed by atoms with Gasteiger partial charge < -0.3 is 5.32 Å². The highest BCUT2D eigenvalue weighted by Gasteiger charge is 1.96. The summed E-state index contributed by atoms with van der Waals surface area (Å²) in [5.74, 6) is 0. The zero-order valence-corrected chi connectivity index (χ0v) is 9.97. The van der Waals surface area contributed by atoms with Crippen LogP contribution >= 0.6 is 15.9 Å². The summed E-state index contributed by atoms with van der Waals surface area (Å²) in [6.07, 6.45) is 6.94. The Morgan fingerprint density at radius 1 is 1.57 bits per heavy atom. The fourth-order valence-corrected chi connectivity index (χ4v) is 1.50. The van der Waals surface area contributed by atoms with Gasteiger partial charge in [-0.2, -0.15) is 0 Å². The molecule has 0 spiro atoms. The van der Waals surface area contributed by atoms with Gasteiger partial charge in [-0.15, -0.1) is 0 Å². The predicted molar refractivity (Wildman–Crippen MR) is 64.2 cm³/mol. The molecule has 3 heteroatoms. The van der Waals surface area contributed by atoms with E-state index in [0.717, 1.165) is 22.3 Å². The Morgan fingerprint density at radius 2 is 2.36 bits per heavy atom. The minimum Gasteiger partial charge on any atom is -0.358 e. The number of anilines is 1. The molecule has 14 heavy (non-hydrogen) atoms. The molecule has 0 aromatic carbocycles. The maximum absolute atomic E-state index is 4.07. The van der Waals surface area contributed by atoms with Gasteiger partial charge in [0.05, 0.1) is 11.9 Å². The average molecular weight is 255 g/mol. The first kappa shape index (κ1) is 11.2. The molecule has 0 aliphatic heterocycles. The molecule has 1 N–H and O–H groups in total. The van der Waals surface area contributed by atoms with Gasteiger partial charge in [0.25, 0.3) is 0 Å². The second-order valence-corrected chi connectivity index (χ2v) is 4.14. The second-order valence-electron chi connectivity index (χ2n) is 3.22. The summed E-state index contributed by atoms with van der Waals surface area (Å²) in [5, 5.41) is 3.23. The van der Waals surface area contributed by atoms with E-state index in [9.17, 15) is 0 Å². The molecule has 76 valence electrons. The Balaban J connectivity index is 2.47. The molecule has 0 aliphatic carbocycles. The van der Waals surface area contributed by atoms with Crippen molar-refractivity contribution in [3.8, 4) is 0 Å². The largest absolute Gasteiger partial charge is 0.358 e. The Bertz CT molecular complexity index is 310. The van der Waals surface area contributed by atoms with Crippen LogP contribution < -0.4 is 5.32 Å². The van der Waals surface area contributed by atoms with E-state index in [1.165, 1.54) is 12.8 Å². The van der Waals surface area contributed by atoms with Crippen molar-refractivity contribution >= 4 is 21.6 Å². The third-order valence-corrected chi connectivity index (χ3v) is 2.29. The number of nitrogens with one attached hydrogen (secondary N) is 1. The quantitative estimate of drug-likeness (QED) is 0.861. The van der Waals surface area contributed by atoms with E-state index >= 15 is 0 Å². The van der Waals surface area contributed by atoms with Gasteiger partial charge in [-0.05, 0) is 34.8 Å². The molecule has 1 aromatic heterocycles. The average Bonchev–Trinajstić information content (AvgIpc) is 2.15. The van der Waals surface area contributed by atoms with E-state index in [4.69, 9.17) is 0 Å². The number of aromatic nitrogens is 1. The lowest BCUT2D eigenvalue weighted by atomic mass is 10.2. The lowest BCUT2D eigenvalue weighted by molar-refractivity contribution is 0.791.